The molecule has 1 aromatic heterocycles. The summed E-state index contributed by atoms with van der Waals surface area (Å²) in [4.78, 5) is 26.7. The molecule has 1 aliphatic heterocycles. The molecule has 0 saturated carbocycles. The highest BCUT2D eigenvalue weighted by Gasteiger charge is 2.20. The third kappa shape index (κ3) is 5.29. The van der Waals surface area contributed by atoms with E-state index in [4.69, 9.17) is 16.3 Å². The summed E-state index contributed by atoms with van der Waals surface area (Å²) in [6.45, 7) is 1.68. The molecule has 34 heavy (non-hydrogen) atoms. The second-order valence-corrected chi connectivity index (χ2v) is 8.53. The van der Waals surface area contributed by atoms with E-state index in [0.717, 1.165) is 35.2 Å². The second kappa shape index (κ2) is 10.4. The Labute approximate surface area is 200 Å². The van der Waals surface area contributed by atoms with E-state index < -0.39 is 17.2 Å². The van der Waals surface area contributed by atoms with Crippen LogP contribution in [-0.2, 0) is 30.9 Å². The Hall–Kier alpha value is -3.23. The maximum Gasteiger partial charge on any atom is 0.273 e. The lowest BCUT2D eigenvalue weighted by molar-refractivity contribution is -0.131. The number of aromatic nitrogens is 1. The zero-order valence-electron chi connectivity index (χ0n) is 18.6. The summed E-state index contributed by atoms with van der Waals surface area (Å²) in [7, 11) is 1.75. The molecular formula is C25H24ClF2N3O3. The fraction of sp³-hybridized carbons (Fsp3) is 0.280. The number of carbonyl (C=O) groups is 1. The van der Waals surface area contributed by atoms with Gasteiger partial charge in [-0.3, -0.25) is 9.59 Å². The largest absolute Gasteiger partial charge is 0.487 e. The molecule has 0 saturated heterocycles. The number of pyridine rings is 1. The van der Waals surface area contributed by atoms with Crippen molar-refractivity contribution >= 4 is 17.5 Å². The smallest absolute Gasteiger partial charge is 0.273 e. The molecule has 1 aliphatic rings. The van der Waals surface area contributed by atoms with Crippen molar-refractivity contribution in [3.8, 4) is 5.75 Å². The summed E-state index contributed by atoms with van der Waals surface area (Å²) in [5, 5.41) is 2.78. The van der Waals surface area contributed by atoms with Crippen molar-refractivity contribution in [1.82, 2.24) is 14.8 Å². The van der Waals surface area contributed by atoms with Gasteiger partial charge >= 0.3 is 0 Å². The predicted octanol–water partition coefficient (Wildman–Crippen LogP) is 3.51. The van der Waals surface area contributed by atoms with Gasteiger partial charge in [0.15, 0.2) is 0 Å². The molecule has 0 atom stereocenters. The van der Waals surface area contributed by atoms with Gasteiger partial charge in [0.05, 0.1) is 13.1 Å². The first kappa shape index (κ1) is 23.9. The summed E-state index contributed by atoms with van der Waals surface area (Å²) in [6, 6.07) is 10.7. The van der Waals surface area contributed by atoms with Gasteiger partial charge < -0.3 is 19.5 Å². The van der Waals surface area contributed by atoms with Crippen LogP contribution >= 0.6 is 11.6 Å². The van der Waals surface area contributed by atoms with Crippen molar-refractivity contribution in [3.63, 3.8) is 0 Å². The summed E-state index contributed by atoms with van der Waals surface area (Å²) < 4.78 is 33.9. The van der Waals surface area contributed by atoms with Crippen LogP contribution in [0.2, 0.25) is 5.02 Å². The molecule has 3 aromatic rings. The van der Waals surface area contributed by atoms with Crippen LogP contribution in [0.3, 0.4) is 0 Å². The van der Waals surface area contributed by atoms with E-state index in [-0.39, 0.29) is 28.8 Å². The minimum absolute atomic E-state index is 0.0721. The second-order valence-electron chi connectivity index (χ2n) is 8.15. The number of halogens is 3. The van der Waals surface area contributed by atoms with Crippen LogP contribution in [-0.4, -0.2) is 35.5 Å². The van der Waals surface area contributed by atoms with Gasteiger partial charge in [-0.25, -0.2) is 8.78 Å². The molecule has 178 valence electrons. The number of hydrogen-bond donors (Lipinski definition) is 1. The Morgan fingerprint density at radius 1 is 1.15 bits per heavy atom. The van der Waals surface area contributed by atoms with Gasteiger partial charge in [0.2, 0.25) is 5.91 Å². The van der Waals surface area contributed by atoms with Crippen LogP contribution in [0, 0.1) is 11.6 Å². The number of nitrogens with zero attached hydrogens (tertiary/aromatic N) is 2. The van der Waals surface area contributed by atoms with E-state index in [1.807, 2.05) is 17.0 Å². The van der Waals surface area contributed by atoms with E-state index >= 15 is 0 Å². The molecule has 0 bridgehead atoms. The molecule has 2 heterocycles. The first-order valence-corrected chi connectivity index (χ1v) is 11.2. The molecule has 0 fully saturated rings. The molecule has 0 unspecified atom stereocenters. The SMILES string of the molecule is CNCC(=O)N1CCc2cc(Cn3ccc(OCc4ccc(F)cc4F)c(Cl)c3=O)ccc2C1. The zero-order valence-corrected chi connectivity index (χ0v) is 19.4. The molecule has 1 amide bonds. The number of nitrogens with one attached hydrogen (secondary N) is 1. The molecule has 9 heteroatoms. The van der Waals surface area contributed by atoms with E-state index in [9.17, 15) is 18.4 Å². The van der Waals surface area contributed by atoms with E-state index in [0.29, 0.717) is 26.2 Å². The van der Waals surface area contributed by atoms with Gasteiger partial charge in [-0.15, -0.1) is 0 Å². The van der Waals surface area contributed by atoms with Gasteiger partial charge in [0, 0.05) is 30.9 Å². The highest BCUT2D eigenvalue weighted by molar-refractivity contribution is 6.31. The van der Waals surface area contributed by atoms with Crippen LogP contribution in [0.25, 0.3) is 0 Å². The minimum atomic E-state index is -0.730. The quantitative estimate of drug-likeness (QED) is 0.554. The zero-order chi connectivity index (χ0) is 24.2. The molecule has 0 radical (unpaired) electrons. The molecule has 6 nitrogen and oxygen atoms in total. The highest BCUT2D eigenvalue weighted by atomic mass is 35.5. The Kier molecular flexibility index (Phi) is 7.29. The maximum atomic E-state index is 13.8. The number of likely N-dealkylation sites (N-methyl/N-ethyl adjacent to an activating group) is 1. The number of amides is 1. The van der Waals surface area contributed by atoms with Gasteiger partial charge in [-0.1, -0.05) is 29.8 Å². The van der Waals surface area contributed by atoms with Gasteiger partial charge in [0.1, 0.15) is 29.0 Å². The van der Waals surface area contributed by atoms with Gasteiger partial charge in [-0.2, -0.15) is 0 Å². The molecule has 0 spiro atoms. The van der Waals surface area contributed by atoms with Crippen LogP contribution in [0.5, 0.6) is 5.75 Å². The highest BCUT2D eigenvalue weighted by Crippen LogP contribution is 2.24. The average molecular weight is 488 g/mol. The summed E-state index contributed by atoms with van der Waals surface area (Å²) in [5.41, 5.74) is 2.92. The monoisotopic (exact) mass is 487 g/mol. The Morgan fingerprint density at radius 3 is 2.74 bits per heavy atom. The topological polar surface area (TPSA) is 63.6 Å². The lowest BCUT2D eigenvalue weighted by Gasteiger charge is -2.29. The third-order valence-corrected chi connectivity index (χ3v) is 6.13. The average Bonchev–Trinajstić information content (AvgIpc) is 2.82. The van der Waals surface area contributed by atoms with Crippen molar-refractivity contribution in [2.75, 3.05) is 20.1 Å². The first-order chi connectivity index (χ1) is 16.4. The predicted molar refractivity (Wildman–Crippen MR) is 125 cm³/mol. The number of hydrogen-bond acceptors (Lipinski definition) is 4. The fourth-order valence-electron chi connectivity index (χ4n) is 3.94. The number of fused-ring (bicyclic) bond motifs is 1. The fourth-order valence-corrected chi connectivity index (χ4v) is 4.16. The van der Waals surface area contributed by atoms with E-state index in [1.54, 1.807) is 19.3 Å². The van der Waals surface area contributed by atoms with Crippen LogP contribution in [0.15, 0.2) is 53.5 Å². The summed E-state index contributed by atoms with van der Waals surface area (Å²) >= 11 is 6.23. The normalized spacial score (nSPS) is 13.0. The van der Waals surface area contributed by atoms with E-state index in [2.05, 4.69) is 11.4 Å². The Morgan fingerprint density at radius 2 is 1.97 bits per heavy atom. The minimum Gasteiger partial charge on any atom is -0.487 e. The number of ether oxygens (including phenoxy) is 1. The van der Waals surface area contributed by atoms with Crippen molar-refractivity contribution in [1.29, 1.82) is 0 Å². The molecule has 2 aromatic carbocycles. The Balaban J connectivity index is 1.45. The standard InChI is InChI=1S/C25H24ClF2N3O3/c1-29-12-23(32)30-8-6-17-10-16(2-3-18(17)14-30)13-31-9-7-22(24(26)25(31)33)34-15-19-4-5-20(27)11-21(19)28/h2-5,7,9-11,29H,6,8,12-15H2,1H3. The molecular weight excluding hydrogens is 464 g/mol. The van der Waals surface area contributed by atoms with Crippen molar-refractivity contribution in [2.24, 2.45) is 0 Å². The van der Waals surface area contributed by atoms with Crippen LogP contribution < -0.4 is 15.6 Å². The van der Waals surface area contributed by atoms with Gasteiger partial charge in [0.25, 0.3) is 5.56 Å². The van der Waals surface area contributed by atoms with Crippen molar-refractivity contribution in [3.05, 3.63) is 97.9 Å². The summed E-state index contributed by atoms with van der Waals surface area (Å²) in [5.74, 6) is -1.21. The summed E-state index contributed by atoms with van der Waals surface area (Å²) in [6.07, 6.45) is 2.32. The molecule has 4 rings (SSSR count). The lowest BCUT2D eigenvalue weighted by Crippen LogP contribution is -2.40. The van der Waals surface area contributed by atoms with Crippen molar-refractivity contribution in [2.45, 2.75) is 26.1 Å². The first-order valence-electron chi connectivity index (χ1n) is 10.8. The molecule has 1 N–H and O–H groups in total. The number of rotatable bonds is 7. The van der Waals surface area contributed by atoms with Crippen LogP contribution in [0.1, 0.15) is 22.3 Å². The van der Waals surface area contributed by atoms with Gasteiger partial charge in [-0.05, 0) is 48.4 Å². The lowest BCUT2D eigenvalue weighted by atomic mass is 9.97. The maximum absolute atomic E-state index is 13.8. The number of carbonyl (C=O) groups excluding carboxylic acids is 1. The number of benzene rings is 2. The Bertz CT molecular complexity index is 1280. The van der Waals surface area contributed by atoms with Crippen LogP contribution in [0.4, 0.5) is 8.78 Å². The molecule has 0 aliphatic carbocycles. The van der Waals surface area contributed by atoms with E-state index in [1.165, 1.54) is 10.6 Å². The van der Waals surface area contributed by atoms with Crippen molar-refractivity contribution < 1.29 is 18.3 Å². The third-order valence-electron chi connectivity index (χ3n) is 5.79.